The SMILES string of the molecule is C=c1ccc2c(c1)Oc1cc(N(CC)CC)ccc1C=2c1ccccc1-c1ccccc1. The second-order valence-corrected chi connectivity index (χ2v) is 8.07. The molecule has 0 amide bonds. The molecule has 0 aromatic heterocycles. The number of benzene rings is 4. The zero-order chi connectivity index (χ0) is 22.1. The minimum Gasteiger partial charge on any atom is -0.456 e. The van der Waals surface area contributed by atoms with E-state index in [4.69, 9.17) is 4.74 Å². The second kappa shape index (κ2) is 8.39. The average Bonchev–Trinajstić information content (AvgIpc) is 2.84. The van der Waals surface area contributed by atoms with Crippen LogP contribution in [0, 0.1) is 0 Å². The number of fused-ring (bicyclic) bond motifs is 2. The molecular formula is C30H27NO. The number of hydrogen-bond acceptors (Lipinski definition) is 2. The van der Waals surface area contributed by atoms with Gasteiger partial charge >= 0.3 is 0 Å². The standard InChI is InChI=1S/C30H27NO/c1-4-31(5-2)23-16-18-27-29(20-23)32-28-19-21(3)15-17-26(28)30(27)25-14-10-9-13-24(25)22-11-7-6-8-12-22/h6-20H,3-5H2,1-2H3. The van der Waals surface area contributed by atoms with E-state index < -0.39 is 0 Å². The molecule has 0 N–H and O–H groups in total. The first-order valence-corrected chi connectivity index (χ1v) is 11.2. The largest absolute Gasteiger partial charge is 0.456 e. The number of rotatable bonds is 5. The first-order chi connectivity index (χ1) is 15.7. The lowest BCUT2D eigenvalue weighted by Gasteiger charge is -2.26. The molecular weight excluding hydrogens is 390 g/mol. The second-order valence-electron chi connectivity index (χ2n) is 8.07. The van der Waals surface area contributed by atoms with Gasteiger partial charge in [-0.1, -0.05) is 73.3 Å². The molecule has 0 saturated carbocycles. The predicted molar refractivity (Wildman–Crippen MR) is 135 cm³/mol. The topological polar surface area (TPSA) is 12.5 Å². The Morgan fingerprint density at radius 1 is 0.688 bits per heavy atom. The maximum Gasteiger partial charge on any atom is 0.137 e. The summed E-state index contributed by atoms with van der Waals surface area (Å²) in [4.78, 5) is 2.34. The highest BCUT2D eigenvalue weighted by atomic mass is 16.5. The van der Waals surface area contributed by atoms with Gasteiger partial charge in [-0.3, -0.25) is 0 Å². The van der Waals surface area contributed by atoms with Gasteiger partial charge in [-0.2, -0.15) is 0 Å². The summed E-state index contributed by atoms with van der Waals surface area (Å²) in [6, 6.07) is 32.0. The van der Waals surface area contributed by atoms with Crippen molar-refractivity contribution >= 4 is 17.8 Å². The lowest BCUT2D eigenvalue weighted by molar-refractivity contribution is 0.472. The van der Waals surface area contributed by atoms with E-state index in [1.165, 1.54) is 28.0 Å². The van der Waals surface area contributed by atoms with E-state index in [-0.39, 0.29) is 0 Å². The summed E-state index contributed by atoms with van der Waals surface area (Å²) in [6.07, 6.45) is 0. The van der Waals surface area contributed by atoms with Gasteiger partial charge in [-0.15, -0.1) is 0 Å². The van der Waals surface area contributed by atoms with Crippen molar-refractivity contribution in [3.05, 3.63) is 113 Å². The zero-order valence-electron chi connectivity index (χ0n) is 18.6. The van der Waals surface area contributed by atoms with Crippen molar-refractivity contribution < 1.29 is 4.74 Å². The highest BCUT2D eigenvalue weighted by molar-refractivity contribution is 5.92. The first kappa shape index (κ1) is 20.1. The van der Waals surface area contributed by atoms with Crippen LogP contribution in [0.25, 0.3) is 23.3 Å². The van der Waals surface area contributed by atoms with Crippen LogP contribution in [-0.4, -0.2) is 13.1 Å². The Morgan fingerprint density at radius 2 is 1.41 bits per heavy atom. The van der Waals surface area contributed by atoms with Gasteiger partial charge in [0.15, 0.2) is 0 Å². The lowest BCUT2D eigenvalue weighted by Crippen LogP contribution is -2.23. The maximum absolute atomic E-state index is 6.45. The van der Waals surface area contributed by atoms with Crippen LogP contribution in [0.2, 0.25) is 0 Å². The van der Waals surface area contributed by atoms with Crippen LogP contribution in [0.4, 0.5) is 5.69 Å². The van der Waals surface area contributed by atoms with Gasteiger partial charge in [0.05, 0.1) is 0 Å². The van der Waals surface area contributed by atoms with Crippen LogP contribution < -0.4 is 20.1 Å². The Bertz CT molecular complexity index is 1380. The Balaban J connectivity index is 1.81. The van der Waals surface area contributed by atoms with Crippen molar-refractivity contribution in [2.45, 2.75) is 13.8 Å². The molecule has 158 valence electrons. The molecule has 0 fully saturated rings. The molecule has 0 radical (unpaired) electrons. The van der Waals surface area contributed by atoms with Crippen LogP contribution in [0.1, 0.15) is 25.0 Å². The number of hydrogen-bond donors (Lipinski definition) is 0. The van der Waals surface area contributed by atoms with Crippen LogP contribution in [0.5, 0.6) is 11.5 Å². The van der Waals surface area contributed by atoms with Gasteiger partial charge in [-0.05, 0) is 54.0 Å². The van der Waals surface area contributed by atoms with Gasteiger partial charge in [0.25, 0.3) is 0 Å². The van der Waals surface area contributed by atoms with Crippen molar-refractivity contribution in [2.24, 2.45) is 0 Å². The quantitative estimate of drug-likeness (QED) is 0.350. The van der Waals surface area contributed by atoms with E-state index in [2.05, 4.69) is 110 Å². The molecule has 0 spiro atoms. The van der Waals surface area contributed by atoms with Crippen molar-refractivity contribution in [3.8, 4) is 22.6 Å². The van der Waals surface area contributed by atoms with E-state index >= 15 is 0 Å². The van der Waals surface area contributed by atoms with Gasteiger partial charge in [0.1, 0.15) is 11.5 Å². The van der Waals surface area contributed by atoms with Crippen molar-refractivity contribution in [3.63, 3.8) is 0 Å². The summed E-state index contributed by atoms with van der Waals surface area (Å²) in [5, 5.41) is 2.05. The molecule has 0 saturated heterocycles. The molecule has 1 aliphatic rings. The van der Waals surface area contributed by atoms with E-state index in [0.717, 1.165) is 40.6 Å². The summed E-state index contributed by atoms with van der Waals surface area (Å²) in [5.41, 5.74) is 7.13. The molecule has 0 atom stereocenters. The molecule has 5 rings (SSSR count). The molecule has 4 aromatic carbocycles. The third kappa shape index (κ3) is 3.48. The third-order valence-corrected chi connectivity index (χ3v) is 6.18. The Labute approximate surface area is 189 Å². The van der Waals surface area contributed by atoms with Crippen molar-refractivity contribution in [1.82, 2.24) is 0 Å². The Morgan fingerprint density at radius 3 is 2.16 bits per heavy atom. The molecule has 2 heteroatoms. The van der Waals surface area contributed by atoms with Crippen LogP contribution in [0.15, 0.2) is 91.0 Å². The smallest absolute Gasteiger partial charge is 0.137 e. The van der Waals surface area contributed by atoms with E-state index in [1.54, 1.807) is 0 Å². The summed E-state index contributed by atoms with van der Waals surface area (Å²) in [7, 11) is 0. The van der Waals surface area contributed by atoms with Gasteiger partial charge in [0.2, 0.25) is 0 Å². The summed E-state index contributed by atoms with van der Waals surface area (Å²) < 4.78 is 6.45. The molecule has 0 bridgehead atoms. The Kier molecular flexibility index (Phi) is 5.28. The summed E-state index contributed by atoms with van der Waals surface area (Å²) in [6.45, 7) is 10.4. The fourth-order valence-electron chi connectivity index (χ4n) is 4.57. The van der Waals surface area contributed by atoms with Gasteiger partial charge in [0, 0.05) is 41.2 Å². The van der Waals surface area contributed by atoms with Gasteiger partial charge < -0.3 is 9.64 Å². The number of ether oxygens (including phenoxy) is 1. The van der Waals surface area contributed by atoms with E-state index in [1.807, 2.05) is 6.07 Å². The molecule has 1 aliphatic heterocycles. The number of nitrogens with zero attached hydrogens (tertiary/aromatic N) is 1. The van der Waals surface area contributed by atoms with Crippen LogP contribution in [-0.2, 0) is 0 Å². The lowest BCUT2D eigenvalue weighted by atomic mass is 9.87. The minimum absolute atomic E-state index is 0.861. The molecule has 0 unspecified atom stereocenters. The molecule has 4 aromatic rings. The Hall–Kier alpha value is -3.78. The molecule has 1 heterocycles. The van der Waals surface area contributed by atoms with E-state index in [0.29, 0.717) is 0 Å². The summed E-state index contributed by atoms with van der Waals surface area (Å²) >= 11 is 0. The van der Waals surface area contributed by atoms with Gasteiger partial charge in [-0.25, -0.2) is 0 Å². The van der Waals surface area contributed by atoms with Crippen LogP contribution >= 0.6 is 0 Å². The normalized spacial score (nSPS) is 12.0. The average molecular weight is 418 g/mol. The monoisotopic (exact) mass is 417 g/mol. The predicted octanol–water partition coefficient (Wildman–Crippen LogP) is 5.96. The third-order valence-electron chi connectivity index (χ3n) is 6.18. The minimum atomic E-state index is 0.861. The highest BCUT2D eigenvalue weighted by Crippen LogP contribution is 2.40. The fraction of sp³-hybridized carbons (Fsp3) is 0.133. The zero-order valence-corrected chi connectivity index (χ0v) is 18.6. The van der Waals surface area contributed by atoms with Crippen molar-refractivity contribution in [2.75, 3.05) is 18.0 Å². The molecule has 32 heavy (non-hydrogen) atoms. The first-order valence-electron chi connectivity index (χ1n) is 11.2. The maximum atomic E-state index is 6.45. The molecule has 2 nitrogen and oxygen atoms in total. The highest BCUT2D eigenvalue weighted by Gasteiger charge is 2.23. The number of anilines is 1. The summed E-state index contributed by atoms with van der Waals surface area (Å²) in [5.74, 6) is 1.75. The molecule has 0 aliphatic carbocycles. The van der Waals surface area contributed by atoms with Crippen LogP contribution in [0.3, 0.4) is 0 Å². The fourth-order valence-corrected chi connectivity index (χ4v) is 4.57. The van der Waals surface area contributed by atoms with Crippen molar-refractivity contribution in [1.29, 1.82) is 0 Å². The van der Waals surface area contributed by atoms with E-state index in [9.17, 15) is 0 Å².